The van der Waals surface area contributed by atoms with Crippen LogP contribution in [0, 0.1) is 0 Å². The van der Waals surface area contributed by atoms with E-state index in [9.17, 15) is 28.2 Å². The molecule has 2 atom stereocenters. The molecule has 0 unspecified atom stereocenters. The van der Waals surface area contributed by atoms with Crippen molar-refractivity contribution in [1.82, 2.24) is 14.7 Å². The molecule has 1 aliphatic rings. The van der Waals surface area contributed by atoms with Crippen molar-refractivity contribution >= 4 is 5.91 Å². The van der Waals surface area contributed by atoms with Crippen LogP contribution >= 0.6 is 0 Å². The first kappa shape index (κ1) is 13.8. The predicted molar refractivity (Wildman–Crippen MR) is 55.8 cm³/mol. The van der Waals surface area contributed by atoms with Gasteiger partial charge in [-0.3, -0.25) is 9.48 Å². The SMILES string of the molecule is O=C(Cn1ccc(C(F)(F)F)n1)N1C[C@@H](O)[C@@H](O)C1. The summed E-state index contributed by atoms with van der Waals surface area (Å²) >= 11 is 0. The number of aromatic nitrogens is 2. The van der Waals surface area contributed by atoms with Crippen LogP contribution in [0.25, 0.3) is 0 Å². The van der Waals surface area contributed by atoms with E-state index in [2.05, 4.69) is 5.10 Å². The number of hydrogen-bond acceptors (Lipinski definition) is 4. The van der Waals surface area contributed by atoms with Gasteiger partial charge in [-0.1, -0.05) is 0 Å². The van der Waals surface area contributed by atoms with Crippen LogP contribution in [-0.4, -0.2) is 56.1 Å². The molecule has 0 aromatic carbocycles. The molecular formula is C10H12F3N3O3. The smallest absolute Gasteiger partial charge is 0.388 e. The number of carbonyl (C=O) groups is 1. The molecule has 2 heterocycles. The normalized spacial score (nSPS) is 23.9. The lowest BCUT2D eigenvalue weighted by Crippen LogP contribution is -2.33. The summed E-state index contributed by atoms with van der Waals surface area (Å²) in [6.45, 7) is -0.434. The lowest BCUT2D eigenvalue weighted by molar-refractivity contribution is -0.142. The van der Waals surface area contributed by atoms with Gasteiger partial charge >= 0.3 is 6.18 Å². The first-order valence-electron chi connectivity index (χ1n) is 5.52. The lowest BCUT2D eigenvalue weighted by atomic mass is 10.3. The number of carbonyl (C=O) groups excluding carboxylic acids is 1. The zero-order chi connectivity index (χ0) is 14.2. The maximum atomic E-state index is 12.3. The molecule has 1 aliphatic heterocycles. The van der Waals surface area contributed by atoms with Gasteiger partial charge in [0.05, 0.1) is 12.2 Å². The number of hydrogen-bond donors (Lipinski definition) is 2. The molecule has 0 spiro atoms. The summed E-state index contributed by atoms with van der Waals surface area (Å²) in [5, 5.41) is 21.8. The Labute approximate surface area is 106 Å². The molecular weight excluding hydrogens is 267 g/mol. The summed E-state index contributed by atoms with van der Waals surface area (Å²) in [4.78, 5) is 12.9. The number of rotatable bonds is 2. The van der Waals surface area contributed by atoms with Crippen molar-refractivity contribution in [3.05, 3.63) is 18.0 Å². The second-order valence-electron chi connectivity index (χ2n) is 4.33. The lowest BCUT2D eigenvalue weighted by Gasteiger charge is -2.15. The summed E-state index contributed by atoms with van der Waals surface area (Å²) in [5.74, 6) is -0.507. The number of β-amino-alcohol motifs (C(OH)–C–C–N with tert-alkyl or cyclic N) is 2. The van der Waals surface area contributed by atoms with Crippen LogP contribution in [0.15, 0.2) is 12.3 Å². The van der Waals surface area contributed by atoms with E-state index < -0.39 is 30.0 Å². The van der Waals surface area contributed by atoms with Gasteiger partial charge in [0.15, 0.2) is 5.69 Å². The minimum absolute atomic E-state index is 0.0343. The maximum Gasteiger partial charge on any atom is 0.435 e. The fraction of sp³-hybridized carbons (Fsp3) is 0.600. The quantitative estimate of drug-likeness (QED) is 0.762. The van der Waals surface area contributed by atoms with Crippen LogP contribution in [0.2, 0.25) is 0 Å². The molecule has 2 N–H and O–H groups in total. The summed E-state index contributed by atoms with van der Waals surface area (Å²) in [6.07, 6.45) is -5.53. The van der Waals surface area contributed by atoms with Crippen molar-refractivity contribution in [2.75, 3.05) is 13.1 Å². The van der Waals surface area contributed by atoms with Crippen molar-refractivity contribution in [3.63, 3.8) is 0 Å². The van der Waals surface area contributed by atoms with Crippen molar-refractivity contribution in [3.8, 4) is 0 Å². The minimum Gasteiger partial charge on any atom is -0.388 e. The highest BCUT2D eigenvalue weighted by molar-refractivity contribution is 5.76. The van der Waals surface area contributed by atoms with Crippen LogP contribution < -0.4 is 0 Å². The zero-order valence-electron chi connectivity index (χ0n) is 9.71. The molecule has 0 radical (unpaired) electrons. The molecule has 0 aliphatic carbocycles. The van der Waals surface area contributed by atoms with Crippen LogP contribution in [0.3, 0.4) is 0 Å². The highest BCUT2D eigenvalue weighted by atomic mass is 19.4. The predicted octanol–water partition coefficient (Wildman–Crippen LogP) is -0.534. The third-order valence-electron chi connectivity index (χ3n) is 2.84. The van der Waals surface area contributed by atoms with Gasteiger partial charge in [0.2, 0.25) is 5.91 Å². The number of likely N-dealkylation sites (tertiary alicyclic amines) is 1. The Kier molecular flexibility index (Phi) is 3.50. The van der Waals surface area contributed by atoms with Gasteiger partial charge in [0, 0.05) is 19.3 Å². The number of amides is 1. The molecule has 9 heteroatoms. The topological polar surface area (TPSA) is 78.6 Å². The second-order valence-corrected chi connectivity index (χ2v) is 4.33. The highest BCUT2D eigenvalue weighted by Gasteiger charge is 2.35. The average Bonchev–Trinajstić information content (AvgIpc) is 2.86. The van der Waals surface area contributed by atoms with E-state index in [1.807, 2.05) is 0 Å². The van der Waals surface area contributed by atoms with Crippen LogP contribution in [0.1, 0.15) is 5.69 Å². The van der Waals surface area contributed by atoms with Crippen molar-refractivity contribution < 1.29 is 28.2 Å². The van der Waals surface area contributed by atoms with E-state index in [4.69, 9.17) is 0 Å². The van der Waals surface area contributed by atoms with Gasteiger partial charge in [0.1, 0.15) is 6.54 Å². The first-order chi connectivity index (χ1) is 8.77. The van der Waals surface area contributed by atoms with Crippen LogP contribution in [0.4, 0.5) is 13.2 Å². The number of nitrogens with zero attached hydrogens (tertiary/aromatic N) is 3. The molecule has 1 amide bonds. The van der Waals surface area contributed by atoms with Crippen molar-refractivity contribution in [2.24, 2.45) is 0 Å². The Morgan fingerprint density at radius 3 is 2.42 bits per heavy atom. The third kappa shape index (κ3) is 3.04. The Balaban J connectivity index is 1.98. The van der Waals surface area contributed by atoms with E-state index >= 15 is 0 Å². The molecule has 106 valence electrons. The average molecular weight is 279 g/mol. The summed E-state index contributed by atoms with van der Waals surface area (Å²) in [6, 6.07) is 0.779. The number of halogens is 3. The number of alkyl halides is 3. The Hall–Kier alpha value is -1.61. The molecule has 0 bridgehead atoms. The second kappa shape index (κ2) is 4.82. The molecule has 1 aromatic heterocycles. The zero-order valence-corrected chi connectivity index (χ0v) is 9.71. The number of aliphatic hydroxyl groups is 2. The van der Waals surface area contributed by atoms with E-state index in [0.717, 1.165) is 16.9 Å². The van der Waals surface area contributed by atoms with Crippen LogP contribution in [0.5, 0.6) is 0 Å². The fourth-order valence-corrected chi connectivity index (χ4v) is 1.81. The van der Waals surface area contributed by atoms with Gasteiger partial charge in [-0.25, -0.2) is 0 Å². The van der Waals surface area contributed by atoms with E-state index in [1.165, 1.54) is 4.90 Å². The largest absolute Gasteiger partial charge is 0.435 e. The van der Waals surface area contributed by atoms with Gasteiger partial charge in [-0.05, 0) is 6.07 Å². The summed E-state index contributed by atoms with van der Waals surface area (Å²) in [7, 11) is 0. The van der Waals surface area contributed by atoms with Gasteiger partial charge in [-0.15, -0.1) is 0 Å². The Bertz CT molecular complexity index is 464. The van der Waals surface area contributed by atoms with Gasteiger partial charge in [-0.2, -0.15) is 18.3 Å². The summed E-state index contributed by atoms with van der Waals surface area (Å²) < 4.78 is 37.8. The fourth-order valence-electron chi connectivity index (χ4n) is 1.81. The third-order valence-corrected chi connectivity index (χ3v) is 2.84. The monoisotopic (exact) mass is 279 g/mol. The van der Waals surface area contributed by atoms with Crippen molar-refractivity contribution in [2.45, 2.75) is 24.9 Å². The van der Waals surface area contributed by atoms with Gasteiger partial charge in [0.25, 0.3) is 0 Å². The molecule has 1 saturated heterocycles. The first-order valence-corrected chi connectivity index (χ1v) is 5.52. The molecule has 2 rings (SSSR count). The molecule has 19 heavy (non-hydrogen) atoms. The van der Waals surface area contributed by atoms with E-state index in [-0.39, 0.29) is 19.6 Å². The Morgan fingerprint density at radius 2 is 1.95 bits per heavy atom. The van der Waals surface area contributed by atoms with E-state index in [1.54, 1.807) is 0 Å². The molecule has 1 fully saturated rings. The Morgan fingerprint density at radius 1 is 1.37 bits per heavy atom. The minimum atomic E-state index is -4.55. The standard InChI is InChI=1S/C10H12F3N3O3/c11-10(12,13)8-1-2-16(14-8)5-9(19)15-3-6(17)7(18)4-15/h1-2,6-7,17-18H,3-5H2/t6-,7+. The number of aliphatic hydroxyl groups excluding tert-OH is 2. The molecule has 1 aromatic rings. The summed E-state index contributed by atoms with van der Waals surface area (Å²) in [5.41, 5.74) is -1.07. The molecule has 0 saturated carbocycles. The molecule has 6 nitrogen and oxygen atoms in total. The van der Waals surface area contributed by atoms with Gasteiger partial charge < -0.3 is 15.1 Å². The van der Waals surface area contributed by atoms with E-state index in [0.29, 0.717) is 0 Å². The highest BCUT2D eigenvalue weighted by Crippen LogP contribution is 2.27. The maximum absolute atomic E-state index is 12.3. The van der Waals surface area contributed by atoms with Crippen LogP contribution in [-0.2, 0) is 17.5 Å². The van der Waals surface area contributed by atoms with Crippen molar-refractivity contribution in [1.29, 1.82) is 0 Å².